The van der Waals surface area contributed by atoms with Crippen LogP contribution in [0.4, 0.5) is 0 Å². The van der Waals surface area contributed by atoms with E-state index in [1.165, 1.54) is 110 Å². The number of allylic oxidation sites excluding steroid dienone is 1. The molecule has 3 fully saturated rings. The molecular formula is C32H62N2O2. The SMILES string of the molecule is CCC(CC)C/C=C/N1CCCCC1.CCC(CC)CC.CCOC(=O)C1CCC1N1CCCCC1. The molecule has 2 atom stereocenters. The van der Waals surface area contributed by atoms with Gasteiger partial charge in [0.1, 0.15) is 0 Å². The third kappa shape index (κ3) is 13.0. The van der Waals surface area contributed by atoms with Crippen molar-refractivity contribution >= 4 is 5.97 Å². The number of nitrogens with zero attached hydrogens (tertiary/aromatic N) is 2. The Bertz CT molecular complexity index is 539. The second-order valence-corrected chi connectivity index (χ2v) is 11.1. The zero-order chi connectivity index (χ0) is 26.6. The fourth-order valence-electron chi connectivity index (χ4n) is 5.65. The Morgan fingerprint density at radius 3 is 1.69 bits per heavy atom. The van der Waals surface area contributed by atoms with Gasteiger partial charge in [-0.25, -0.2) is 0 Å². The number of hydrogen-bond acceptors (Lipinski definition) is 4. The molecule has 0 N–H and O–H groups in total. The van der Waals surface area contributed by atoms with Crippen molar-refractivity contribution in [2.75, 3.05) is 32.8 Å². The minimum atomic E-state index is 0.0272. The Morgan fingerprint density at radius 2 is 1.28 bits per heavy atom. The number of hydrogen-bond donors (Lipinski definition) is 0. The minimum Gasteiger partial charge on any atom is -0.466 e. The zero-order valence-electron chi connectivity index (χ0n) is 25.1. The van der Waals surface area contributed by atoms with E-state index in [-0.39, 0.29) is 11.9 Å². The Hall–Kier alpha value is -1.03. The molecule has 4 heteroatoms. The van der Waals surface area contributed by atoms with E-state index in [9.17, 15) is 4.79 Å². The molecule has 2 saturated heterocycles. The molecule has 0 aromatic carbocycles. The molecule has 0 bridgehead atoms. The first kappa shape index (κ1) is 33.0. The molecule has 0 amide bonds. The van der Waals surface area contributed by atoms with E-state index in [4.69, 9.17) is 4.74 Å². The van der Waals surface area contributed by atoms with Crippen molar-refractivity contribution in [3.8, 4) is 0 Å². The second kappa shape index (κ2) is 21.0. The molecular weight excluding hydrogens is 444 g/mol. The van der Waals surface area contributed by atoms with Gasteiger partial charge in [-0.3, -0.25) is 9.69 Å². The lowest BCUT2D eigenvalue weighted by atomic mass is 9.78. The van der Waals surface area contributed by atoms with Crippen LogP contribution < -0.4 is 0 Å². The highest BCUT2D eigenvalue weighted by atomic mass is 16.5. The van der Waals surface area contributed by atoms with Crippen LogP contribution in [0.15, 0.2) is 12.3 Å². The molecule has 3 rings (SSSR count). The number of piperidine rings is 2. The lowest BCUT2D eigenvalue weighted by molar-refractivity contribution is -0.155. The molecule has 0 aromatic rings. The van der Waals surface area contributed by atoms with Crippen LogP contribution >= 0.6 is 0 Å². The first-order valence-corrected chi connectivity index (χ1v) is 15.9. The topological polar surface area (TPSA) is 32.8 Å². The van der Waals surface area contributed by atoms with Crippen LogP contribution in [0.25, 0.3) is 0 Å². The molecule has 0 spiro atoms. The number of rotatable bonds is 11. The monoisotopic (exact) mass is 506 g/mol. The first-order valence-electron chi connectivity index (χ1n) is 15.9. The van der Waals surface area contributed by atoms with Gasteiger partial charge >= 0.3 is 5.97 Å². The quantitative estimate of drug-likeness (QED) is 0.263. The fourth-order valence-corrected chi connectivity index (χ4v) is 5.65. The van der Waals surface area contributed by atoms with Crippen molar-refractivity contribution in [2.24, 2.45) is 17.8 Å². The van der Waals surface area contributed by atoms with Gasteiger partial charge in [-0.15, -0.1) is 0 Å². The normalized spacial score (nSPS) is 22.5. The van der Waals surface area contributed by atoms with E-state index in [1.54, 1.807) is 0 Å². The molecule has 0 radical (unpaired) electrons. The van der Waals surface area contributed by atoms with Crippen LogP contribution in [0.1, 0.15) is 131 Å². The second-order valence-electron chi connectivity index (χ2n) is 11.1. The zero-order valence-corrected chi connectivity index (χ0v) is 25.1. The predicted octanol–water partition coefficient (Wildman–Crippen LogP) is 8.46. The Kier molecular flexibility index (Phi) is 19.2. The molecule has 3 aliphatic rings. The summed E-state index contributed by atoms with van der Waals surface area (Å²) >= 11 is 0. The van der Waals surface area contributed by atoms with Crippen LogP contribution in [0.2, 0.25) is 0 Å². The van der Waals surface area contributed by atoms with Crippen LogP contribution in [0.3, 0.4) is 0 Å². The van der Waals surface area contributed by atoms with Gasteiger partial charge in [-0.2, -0.15) is 0 Å². The van der Waals surface area contributed by atoms with E-state index < -0.39 is 0 Å². The summed E-state index contributed by atoms with van der Waals surface area (Å²) in [4.78, 5) is 16.6. The molecule has 1 aliphatic carbocycles. The molecule has 1 saturated carbocycles. The first-order chi connectivity index (χ1) is 17.5. The highest BCUT2D eigenvalue weighted by Gasteiger charge is 2.41. The summed E-state index contributed by atoms with van der Waals surface area (Å²) in [6.45, 7) is 18.7. The van der Waals surface area contributed by atoms with Gasteiger partial charge in [0, 0.05) is 19.1 Å². The van der Waals surface area contributed by atoms with Gasteiger partial charge in [-0.1, -0.05) is 79.2 Å². The average molecular weight is 507 g/mol. The standard InChI is InChI=1S/C13H25N.C12H21NO2.C7H16/c1-3-13(4-2)9-8-12-14-10-6-5-7-11-14;1-2-15-12(14)10-6-7-11(10)13-8-4-3-5-9-13;1-4-7(5-2)6-3/h8,12-13H,3-7,9-11H2,1-2H3;10-11H,2-9H2,1H3;7H,4-6H2,1-3H3/b12-8+;;. The van der Waals surface area contributed by atoms with Crippen molar-refractivity contribution in [1.82, 2.24) is 9.80 Å². The summed E-state index contributed by atoms with van der Waals surface area (Å²) in [6.07, 6.45) is 23.0. The molecule has 36 heavy (non-hydrogen) atoms. The van der Waals surface area contributed by atoms with E-state index in [1.807, 2.05) is 6.92 Å². The Morgan fingerprint density at radius 1 is 0.750 bits per heavy atom. The summed E-state index contributed by atoms with van der Waals surface area (Å²) in [5, 5.41) is 0. The smallest absolute Gasteiger partial charge is 0.310 e. The van der Waals surface area contributed by atoms with Crippen molar-refractivity contribution < 1.29 is 9.53 Å². The maximum atomic E-state index is 11.6. The number of esters is 1. The highest BCUT2D eigenvalue weighted by Crippen LogP contribution is 2.34. The van der Waals surface area contributed by atoms with Gasteiger partial charge in [0.25, 0.3) is 0 Å². The van der Waals surface area contributed by atoms with Crippen molar-refractivity contribution in [3.63, 3.8) is 0 Å². The largest absolute Gasteiger partial charge is 0.466 e. The van der Waals surface area contributed by atoms with Crippen molar-refractivity contribution in [3.05, 3.63) is 12.3 Å². The Labute approximate surface area is 225 Å². The van der Waals surface area contributed by atoms with Gasteiger partial charge in [0.05, 0.1) is 12.5 Å². The van der Waals surface area contributed by atoms with E-state index >= 15 is 0 Å². The van der Waals surface area contributed by atoms with Gasteiger partial charge < -0.3 is 9.64 Å². The minimum absolute atomic E-state index is 0.0272. The van der Waals surface area contributed by atoms with Crippen LogP contribution in [0, 0.1) is 17.8 Å². The van der Waals surface area contributed by atoms with Crippen molar-refractivity contribution in [1.29, 1.82) is 0 Å². The molecule has 4 nitrogen and oxygen atoms in total. The van der Waals surface area contributed by atoms with Crippen LogP contribution in [-0.4, -0.2) is 54.6 Å². The third-order valence-electron chi connectivity index (χ3n) is 8.75. The highest BCUT2D eigenvalue weighted by molar-refractivity contribution is 5.74. The van der Waals surface area contributed by atoms with Crippen LogP contribution in [-0.2, 0) is 9.53 Å². The predicted molar refractivity (Wildman–Crippen MR) is 156 cm³/mol. The molecule has 0 aromatic heterocycles. The lowest BCUT2D eigenvalue weighted by Crippen LogP contribution is -2.52. The number of ether oxygens (including phenoxy) is 1. The van der Waals surface area contributed by atoms with Gasteiger partial charge in [0.15, 0.2) is 0 Å². The summed E-state index contributed by atoms with van der Waals surface area (Å²) in [5.41, 5.74) is 0. The van der Waals surface area contributed by atoms with E-state index in [0.29, 0.717) is 12.6 Å². The maximum absolute atomic E-state index is 11.6. The van der Waals surface area contributed by atoms with E-state index in [0.717, 1.165) is 18.3 Å². The summed E-state index contributed by atoms with van der Waals surface area (Å²) < 4.78 is 5.10. The van der Waals surface area contributed by atoms with Gasteiger partial charge in [-0.05, 0) is 89.4 Å². The summed E-state index contributed by atoms with van der Waals surface area (Å²) in [7, 11) is 0. The number of likely N-dealkylation sites (tertiary alicyclic amines) is 2. The number of carbonyl (C=O) groups excluding carboxylic acids is 1. The van der Waals surface area contributed by atoms with E-state index in [2.05, 4.69) is 56.7 Å². The average Bonchev–Trinajstić information content (AvgIpc) is 2.89. The Balaban J connectivity index is 0.000000289. The molecule has 2 unspecified atom stereocenters. The summed E-state index contributed by atoms with van der Waals surface area (Å²) in [6, 6.07) is 0.490. The van der Waals surface area contributed by atoms with Gasteiger partial charge in [0.2, 0.25) is 0 Å². The van der Waals surface area contributed by atoms with Crippen molar-refractivity contribution in [2.45, 2.75) is 137 Å². The molecule has 212 valence electrons. The lowest BCUT2D eigenvalue weighted by Gasteiger charge is -2.44. The van der Waals surface area contributed by atoms with Crippen LogP contribution in [0.5, 0.6) is 0 Å². The maximum Gasteiger partial charge on any atom is 0.310 e. The number of carbonyl (C=O) groups is 1. The molecule has 2 aliphatic heterocycles. The third-order valence-corrected chi connectivity index (χ3v) is 8.75. The molecule has 2 heterocycles. The summed E-state index contributed by atoms with van der Waals surface area (Å²) in [5.74, 6) is 2.08. The fraction of sp³-hybridized carbons (Fsp3) is 0.906.